The summed E-state index contributed by atoms with van der Waals surface area (Å²) in [7, 11) is 0. The molecule has 1 aromatic carbocycles. The third-order valence-electron chi connectivity index (χ3n) is 4.08. The Balaban J connectivity index is 1.91. The first-order valence-corrected chi connectivity index (χ1v) is 7.78. The largest absolute Gasteiger partial charge is 0.338 e. The molecule has 11 nitrogen and oxygen atoms in total. The second-order valence-electron chi connectivity index (χ2n) is 5.89. The molecule has 2 aromatic rings. The number of nitrogens with zero attached hydrogens (tertiary/aromatic N) is 6. The van der Waals surface area contributed by atoms with Crippen molar-refractivity contribution in [1.82, 2.24) is 10.1 Å². The summed E-state index contributed by atoms with van der Waals surface area (Å²) >= 11 is 0. The van der Waals surface area contributed by atoms with Gasteiger partial charge in [0.1, 0.15) is 5.10 Å². The minimum atomic E-state index is -0.774. The van der Waals surface area contributed by atoms with Crippen LogP contribution in [0.3, 0.4) is 0 Å². The van der Waals surface area contributed by atoms with E-state index in [0.717, 1.165) is 5.56 Å². The summed E-state index contributed by atoms with van der Waals surface area (Å²) in [5, 5.41) is 28.5. The predicted molar refractivity (Wildman–Crippen MR) is 91.3 cm³/mol. The molecule has 136 valence electrons. The molecule has 0 saturated carbocycles. The van der Waals surface area contributed by atoms with Crippen LogP contribution in [0, 0.1) is 34.1 Å². The summed E-state index contributed by atoms with van der Waals surface area (Å²) < 4.78 is 5.19. The van der Waals surface area contributed by atoms with Gasteiger partial charge in [0, 0.05) is 37.8 Å². The summed E-state index contributed by atoms with van der Waals surface area (Å²) in [6, 6.07) is 6.22. The molecule has 3 rings (SSSR count). The van der Waals surface area contributed by atoms with E-state index in [0.29, 0.717) is 30.2 Å². The maximum absolute atomic E-state index is 11.0. The van der Waals surface area contributed by atoms with E-state index >= 15 is 0 Å². The SMILES string of the molecule is Cc1cc(N2CCN(Cc3cc([N+](=O)[O-])ccc3C)/C2=N\[N+](=O)[O-])on1. The lowest BCUT2D eigenvalue weighted by Crippen LogP contribution is -2.34. The molecule has 0 atom stereocenters. The molecule has 0 bridgehead atoms. The van der Waals surface area contributed by atoms with Crippen LogP contribution in [-0.4, -0.2) is 39.1 Å². The monoisotopic (exact) mass is 360 g/mol. The minimum absolute atomic E-state index is 0.0275. The van der Waals surface area contributed by atoms with Crippen LogP contribution in [0.2, 0.25) is 0 Å². The van der Waals surface area contributed by atoms with Crippen molar-refractivity contribution in [3.05, 3.63) is 61.3 Å². The van der Waals surface area contributed by atoms with Crippen LogP contribution >= 0.6 is 0 Å². The molecule has 11 heteroatoms. The van der Waals surface area contributed by atoms with Gasteiger partial charge in [-0.05, 0) is 25.0 Å². The van der Waals surface area contributed by atoms with Gasteiger partial charge < -0.3 is 9.42 Å². The fourth-order valence-electron chi connectivity index (χ4n) is 2.76. The summed E-state index contributed by atoms with van der Waals surface area (Å²) in [4.78, 5) is 24.8. The highest BCUT2D eigenvalue weighted by molar-refractivity contribution is 5.96. The molecule has 0 amide bonds. The van der Waals surface area contributed by atoms with Gasteiger partial charge in [0.25, 0.3) is 11.6 Å². The minimum Gasteiger partial charge on any atom is -0.338 e. The molecule has 1 saturated heterocycles. The number of benzene rings is 1. The van der Waals surface area contributed by atoms with Gasteiger partial charge in [-0.1, -0.05) is 11.2 Å². The number of hydrazone groups is 1. The van der Waals surface area contributed by atoms with Gasteiger partial charge in [0.05, 0.1) is 10.6 Å². The van der Waals surface area contributed by atoms with Crippen molar-refractivity contribution in [3.63, 3.8) is 0 Å². The van der Waals surface area contributed by atoms with E-state index in [-0.39, 0.29) is 18.2 Å². The second kappa shape index (κ2) is 6.78. The molecule has 1 fully saturated rings. The third kappa shape index (κ3) is 3.45. The number of rotatable bonds is 5. The standard InChI is InChI=1S/C15H16N6O5/c1-10-3-4-13(20(22)23)8-12(10)9-18-5-6-19(15(18)16-21(24)25)14-7-11(2)17-26-14/h3-4,7-8H,5-6,9H2,1-2H3/b16-15+. The summed E-state index contributed by atoms with van der Waals surface area (Å²) in [6.07, 6.45) is 0. The van der Waals surface area contributed by atoms with Gasteiger partial charge in [0.2, 0.25) is 5.88 Å². The topological polar surface area (TPSA) is 131 Å². The van der Waals surface area contributed by atoms with Crippen LogP contribution in [0.25, 0.3) is 0 Å². The molecule has 1 aromatic heterocycles. The molecule has 0 radical (unpaired) electrons. The fraction of sp³-hybridized carbons (Fsp3) is 0.333. The van der Waals surface area contributed by atoms with Crippen LogP contribution in [0.15, 0.2) is 33.9 Å². The number of nitro groups is 2. The lowest BCUT2D eigenvalue weighted by atomic mass is 10.1. The highest BCUT2D eigenvalue weighted by Crippen LogP contribution is 2.25. The van der Waals surface area contributed by atoms with Crippen molar-refractivity contribution < 1.29 is 14.5 Å². The number of non-ortho nitro benzene ring substituents is 1. The van der Waals surface area contributed by atoms with E-state index in [2.05, 4.69) is 10.3 Å². The first-order chi connectivity index (χ1) is 12.3. The van der Waals surface area contributed by atoms with Crippen molar-refractivity contribution in [2.75, 3.05) is 18.0 Å². The zero-order valence-electron chi connectivity index (χ0n) is 14.2. The first kappa shape index (κ1) is 17.3. The molecule has 0 N–H and O–H groups in total. The number of nitro benzene ring substituents is 1. The highest BCUT2D eigenvalue weighted by Gasteiger charge is 2.33. The van der Waals surface area contributed by atoms with Gasteiger partial charge in [0.15, 0.2) is 5.03 Å². The third-order valence-corrected chi connectivity index (χ3v) is 4.08. The van der Waals surface area contributed by atoms with Crippen molar-refractivity contribution in [3.8, 4) is 0 Å². The quantitative estimate of drug-likeness (QED) is 0.585. The van der Waals surface area contributed by atoms with Crippen molar-refractivity contribution in [1.29, 1.82) is 0 Å². The van der Waals surface area contributed by atoms with E-state index in [9.17, 15) is 20.2 Å². The first-order valence-electron chi connectivity index (χ1n) is 7.78. The predicted octanol–water partition coefficient (Wildman–Crippen LogP) is 2.07. The Morgan fingerprint density at radius 2 is 2.00 bits per heavy atom. The lowest BCUT2D eigenvalue weighted by molar-refractivity contribution is -0.485. The molecule has 0 spiro atoms. The van der Waals surface area contributed by atoms with Crippen molar-refractivity contribution in [2.24, 2.45) is 5.10 Å². The average Bonchev–Trinajstić information content (AvgIpc) is 3.15. The Morgan fingerprint density at radius 1 is 1.23 bits per heavy atom. The van der Waals surface area contributed by atoms with E-state index in [1.165, 1.54) is 12.1 Å². The summed E-state index contributed by atoms with van der Waals surface area (Å²) in [5.41, 5.74) is 2.17. The highest BCUT2D eigenvalue weighted by atomic mass is 16.7. The number of hydrogen-bond acceptors (Lipinski definition) is 6. The van der Waals surface area contributed by atoms with Crippen molar-refractivity contribution >= 4 is 17.5 Å². The average molecular weight is 360 g/mol. The van der Waals surface area contributed by atoms with Gasteiger partial charge in [-0.3, -0.25) is 15.0 Å². The van der Waals surface area contributed by atoms with E-state index in [1.807, 2.05) is 6.92 Å². The Bertz CT molecular complexity index is 892. The zero-order valence-corrected chi connectivity index (χ0v) is 14.2. The normalized spacial score (nSPS) is 15.7. The van der Waals surface area contributed by atoms with Crippen LogP contribution < -0.4 is 4.90 Å². The summed E-state index contributed by atoms with van der Waals surface area (Å²) in [6.45, 7) is 4.71. The van der Waals surface area contributed by atoms with Gasteiger partial charge in [-0.15, -0.1) is 0 Å². The molecule has 1 aliphatic rings. The van der Waals surface area contributed by atoms with E-state index in [4.69, 9.17) is 4.52 Å². The van der Waals surface area contributed by atoms with Crippen LogP contribution in [0.1, 0.15) is 16.8 Å². The second-order valence-corrected chi connectivity index (χ2v) is 5.89. The van der Waals surface area contributed by atoms with Gasteiger partial charge in [-0.2, -0.15) is 0 Å². The zero-order chi connectivity index (χ0) is 18.8. The van der Waals surface area contributed by atoms with Crippen molar-refractivity contribution in [2.45, 2.75) is 20.4 Å². The Hall–Kier alpha value is -3.50. The smallest absolute Gasteiger partial charge is 0.281 e. The molecule has 26 heavy (non-hydrogen) atoms. The molecule has 0 unspecified atom stereocenters. The summed E-state index contributed by atoms with van der Waals surface area (Å²) in [5.74, 6) is 0.471. The molecule has 0 aliphatic carbocycles. The van der Waals surface area contributed by atoms with Gasteiger partial charge >= 0.3 is 0 Å². The fourth-order valence-corrected chi connectivity index (χ4v) is 2.76. The number of aryl methyl sites for hydroxylation is 2. The number of aromatic nitrogens is 1. The maximum atomic E-state index is 11.0. The van der Waals surface area contributed by atoms with E-state index < -0.39 is 9.96 Å². The van der Waals surface area contributed by atoms with Crippen LogP contribution in [0.5, 0.6) is 0 Å². The van der Waals surface area contributed by atoms with Crippen LogP contribution in [0.4, 0.5) is 11.6 Å². The Labute approximate surface area is 147 Å². The Kier molecular flexibility index (Phi) is 4.52. The lowest BCUT2D eigenvalue weighted by Gasteiger charge is -2.19. The molecule has 2 heterocycles. The Morgan fingerprint density at radius 3 is 2.62 bits per heavy atom. The molecular weight excluding hydrogens is 344 g/mol. The van der Waals surface area contributed by atoms with Crippen LogP contribution in [-0.2, 0) is 6.54 Å². The van der Waals surface area contributed by atoms with Gasteiger partial charge in [-0.25, -0.2) is 10.1 Å². The van der Waals surface area contributed by atoms with E-state index in [1.54, 1.807) is 28.9 Å². The number of hydrogen-bond donors (Lipinski definition) is 0. The molecule has 1 aliphatic heterocycles. The number of anilines is 1. The molecular formula is C15H16N6O5. The maximum Gasteiger partial charge on any atom is 0.281 e. The number of guanidine groups is 1.